The minimum Gasteiger partial charge on any atom is -0.481 e. The molecule has 0 aliphatic heterocycles. The van der Waals surface area contributed by atoms with Crippen molar-refractivity contribution in [1.82, 2.24) is 0 Å². The van der Waals surface area contributed by atoms with E-state index in [4.69, 9.17) is 0 Å². The molecule has 0 amide bonds. The van der Waals surface area contributed by atoms with Crippen LogP contribution < -0.4 is 0 Å². The normalized spacial score (nSPS) is 52.1. The molecule has 2 heteroatoms. The van der Waals surface area contributed by atoms with Gasteiger partial charge in [-0.2, -0.15) is 0 Å². The largest absolute Gasteiger partial charge is 0.481 e. The molecule has 0 aromatic rings. The van der Waals surface area contributed by atoms with Crippen molar-refractivity contribution in [1.29, 1.82) is 0 Å². The lowest BCUT2D eigenvalue weighted by Gasteiger charge is -2.58. The van der Waals surface area contributed by atoms with Gasteiger partial charge in [0.15, 0.2) is 0 Å². The minimum absolute atomic E-state index is 0.164. The van der Waals surface area contributed by atoms with Crippen molar-refractivity contribution >= 4 is 5.97 Å². The molecule has 0 radical (unpaired) electrons. The van der Waals surface area contributed by atoms with E-state index >= 15 is 0 Å². The van der Waals surface area contributed by atoms with E-state index in [0.29, 0.717) is 5.41 Å². The first-order chi connectivity index (χ1) is 10.9. The number of aliphatic carboxylic acids is 1. The summed E-state index contributed by atoms with van der Waals surface area (Å²) in [7, 11) is 0. The summed E-state index contributed by atoms with van der Waals surface area (Å²) in [5, 5.41) is 9.67. The molecule has 2 nitrogen and oxygen atoms in total. The SMILES string of the molecule is C[C@H]1CC[C@H]2[C@@H]3CC=C4C(C(=O)O)CCC[C@]4(C)[C@H]3CC[C@]12C. The highest BCUT2D eigenvalue weighted by Crippen LogP contribution is 2.66. The summed E-state index contributed by atoms with van der Waals surface area (Å²) >= 11 is 0. The van der Waals surface area contributed by atoms with E-state index in [-0.39, 0.29) is 11.3 Å². The number of fused-ring (bicyclic) bond motifs is 5. The topological polar surface area (TPSA) is 37.3 Å². The second kappa shape index (κ2) is 5.10. The average molecular weight is 316 g/mol. The molecule has 0 bridgehead atoms. The van der Waals surface area contributed by atoms with Gasteiger partial charge in [0.2, 0.25) is 0 Å². The number of carbonyl (C=O) groups is 1. The maximum Gasteiger partial charge on any atom is 0.310 e. The van der Waals surface area contributed by atoms with Crippen LogP contribution in [0.4, 0.5) is 0 Å². The Bertz CT molecular complexity index is 550. The van der Waals surface area contributed by atoms with Gasteiger partial charge in [0, 0.05) is 0 Å². The Morgan fingerprint density at radius 1 is 1.13 bits per heavy atom. The van der Waals surface area contributed by atoms with Crippen LogP contribution >= 0.6 is 0 Å². The molecular weight excluding hydrogens is 284 g/mol. The van der Waals surface area contributed by atoms with E-state index in [1.54, 1.807) is 0 Å². The third-order valence-electron chi connectivity index (χ3n) is 8.86. The molecule has 0 heterocycles. The van der Waals surface area contributed by atoms with Crippen molar-refractivity contribution in [2.75, 3.05) is 0 Å². The smallest absolute Gasteiger partial charge is 0.310 e. The van der Waals surface area contributed by atoms with Crippen molar-refractivity contribution < 1.29 is 9.90 Å². The number of carboxylic acid groups (broad SMARTS) is 1. The van der Waals surface area contributed by atoms with Crippen LogP contribution in [0.2, 0.25) is 0 Å². The van der Waals surface area contributed by atoms with Gasteiger partial charge < -0.3 is 5.11 Å². The first kappa shape index (κ1) is 15.7. The molecule has 128 valence electrons. The first-order valence-corrected chi connectivity index (χ1v) is 9.81. The Morgan fingerprint density at radius 3 is 2.65 bits per heavy atom. The predicted octanol–water partition coefficient (Wildman–Crippen LogP) is 5.29. The zero-order chi connectivity index (χ0) is 16.4. The Kier molecular flexibility index (Phi) is 3.49. The summed E-state index contributed by atoms with van der Waals surface area (Å²) in [6.45, 7) is 7.42. The molecule has 4 rings (SSSR count). The fourth-order valence-corrected chi connectivity index (χ4v) is 7.34. The lowest BCUT2D eigenvalue weighted by Crippen LogP contribution is -2.51. The van der Waals surface area contributed by atoms with E-state index in [0.717, 1.165) is 42.9 Å². The highest BCUT2D eigenvalue weighted by Gasteiger charge is 2.58. The summed E-state index contributed by atoms with van der Waals surface area (Å²) in [5.41, 5.74) is 2.01. The van der Waals surface area contributed by atoms with E-state index in [9.17, 15) is 9.90 Å². The minimum atomic E-state index is -0.587. The first-order valence-electron chi connectivity index (χ1n) is 9.81. The number of rotatable bonds is 1. The van der Waals surface area contributed by atoms with E-state index in [1.165, 1.54) is 37.7 Å². The van der Waals surface area contributed by atoms with E-state index in [2.05, 4.69) is 26.8 Å². The average Bonchev–Trinajstić information content (AvgIpc) is 2.81. The maximum absolute atomic E-state index is 11.7. The lowest BCUT2D eigenvalue weighted by molar-refractivity contribution is -0.142. The highest BCUT2D eigenvalue weighted by atomic mass is 16.4. The van der Waals surface area contributed by atoms with Crippen LogP contribution in [0.15, 0.2) is 11.6 Å². The van der Waals surface area contributed by atoms with Gasteiger partial charge in [-0.05, 0) is 79.4 Å². The van der Waals surface area contributed by atoms with Gasteiger partial charge in [0.05, 0.1) is 5.92 Å². The second-order valence-corrected chi connectivity index (χ2v) is 9.50. The molecule has 1 unspecified atom stereocenters. The second-order valence-electron chi connectivity index (χ2n) is 9.50. The molecule has 0 spiro atoms. The van der Waals surface area contributed by atoms with Gasteiger partial charge in [-0.1, -0.05) is 38.8 Å². The van der Waals surface area contributed by atoms with Crippen LogP contribution in [0.1, 0.15) is 72.1 Å². The molecule has 4 aliphatic rings. The predicted molar refractivity (Wildman–Crippen MR) is 92.0 cm³/mol. The number of allylic oxidation sites excluding steroid dienone is 1. The van der Waals surface area contributed by atoms with E-state index in [1.807, 2.05) is 0 Å². The van der Waals surface area contributed by atoms with Crippen LogP contribution in [0.25, 0.3) is 0 Å². The van der Waals surface area contributed by atoms with Gasteiger partial charge in [0.1, 0.15) is 0 Å². The monoisotopic (exact) mass is 316 g/mol. The molecule has 3 fully saturated rings. The molecule has 0 saturated heterocycles. The molecular formula is C21H32O2. The fourth-order valence-electron chi connectivity index (χ4n) is 7.34. The standard InChI is InChI=1S/C21H32O2/c1-13-6-8-16-14-7-9-17-15(19(22)23)5-4-11-21(17,3)18(14)10-12-20(13,16)2/h9,13-16,18H,4-8,10-12H2,1-3H3,(H,22,23)/t13-,14-,15?,16-,18-,20+,21-/m0/s1. The van der Waals surface area contributed by atoms with Crippen LogP contribution in [0, 0.1) is 40.4 Å². The van der Waals surface area contributed by atoms with Gasteiger partial charge >= 0.3 is 5.97 Å². The van der Waals surface area contributed by atoms with Gasteiger partial charge in [-0.25, -0.2) is 0 Å². The van der Waals surface area contributed by atoms with Crippen LogP contribution in [-0.4, -0.2) is 11.1 Å². The third kappa shape index (κ3) is 2.02. The Labute approximate surface area is 140 Å². The molecule has 0 aromatic carbocycles. The summed E-state index contributed by atoms with van der Waals surface area (Å²) in [5.74, 6) is 2.48. The maximum atomic E-state index is 11.7. The molecule has 7 atom stereocenters. The zero-order valence-corrected chi connectivity index (χ0v) is 15.0. The number of hydrogen-bond acceptors (Lipinski definition) is 1. The van der Waals surface area contributed by atoms with Crippen molar-refractivity contribution in [2.24, 2.45) is 40.4 Å². The van der Waals surface area contributed by atoms with Crippen LogP contribution in [0.3, 0.4) is 0 Å². The highest BCUT2D eigenvalue weighted by molar-refractivity contribution is 5.74. The van der Waals surface area contributed by atoms with Crippen molar-refractivity contribution in [3.63, 3.8) is 0 Å². The van der Waals surface area contributed by atoms with Crippen molar-refractivity contribution in [2.45, 2.75) is 72.1 Å². The molecule has 1 N–H and O–H groups in total. The zero-order valence-electron chi connectivity index (χ0n) is 15.0. The Morgan fingerprint density at radius 2 is 1.91 bits per heavy atom. The van der Waals surface area contributed by atoms with Crippen molar-refractivity contribution in [3.8, 4) is 0 Å². The molecule has 23 heavy (non-hydrogen) atoms. The quantitative estimate of drug-likeness (QED) is 0.668. The van der Waals surface area contributed by atoms with Crippen molar-refractivity contribution in [3.05, 3.63) is 11.6 Å². The summed E-state index contributed by atoms with van der Waals surface area (Å²) in [4.78, 5) is 11.7. The Balaban J connectivity index is 1.71. The van der Waals surface area contributed by atoms with Crippen LogP contribution in [0.5, 0.6) is 0 Å². The van der Waals surface area contributed by atoms with Crippen LogP contribution in [-0.2, 0) is 4.79 Å². The van der Waals surface area contributed by atoms with Gasteiger partial charge in [-0.3, -0.25) is 4.79 Å². The number of carboxylic acids is 1. The summed E-state index contributed by atoms with van der Waals surface area (Å²) in [6.07, 6.45) is 12.2. The molecule has 0 aromatic heterocycles. The molecule has 4 aliphatic carbocycles. The van der Waals surface area contributed by atoms with Gasteiger partial charge in [0.25, 0.3) is 0 Å². The van der Waals surface area contributed by atoms with Gasteiger partial charge in [-0.15, -0.1) is 0 Å². The fraction of sp³-hybridized carbons (Fsp3) is 0.857. The van der Waals surface area contributed by atoms with E-state index < -0.39 is 5.97 Å². The summed E-state index contributed by atoms with van der Waals surface area (Å²) < 4.78 is 0. The molecule has 3 saturated carbocycles. The third-order valence-corrected chi connectivity index (χ3v) is 8.86. The lowest BCUT2D eigenvalue weighted by atomic mass is 9.46. The number of hydrogen-bond donors (Lipinski definition) is 1. The Hall–Kier alpha value is -0.790. The summed E-state index contributed by atoms with van der Waals surface area (Å²) in [6, 6.07) is 0.